The van der Waals surface area contributed by atoms with Gasteiger partial charge in [0.15, 0.2) is 0 Å². The van der Waals surface area contributed by atoms with Gasteiger partial charge in [0.05, 0.1) is 17.5 Å². The molecular formula is C20H32N2O2S. The standard InChI is InChI=1S/C20H32N2O2S/c1-18(2,3)15-10-14(11-16(12-15)19(4,5)6)17-13-20(7,8)22(21-17)25(9,23)24/h10-12H,13H2,1-9H3. The van der Waals surface area contributed by atoms with E-state index in [1.165, 1.54) is 21.8 Å². The number of hydrogen-bond donors (Lipinski definition) is 0. The first kappa shape index (κ1) is 20.0. The molecule has 0 radical (unpaired) electrons. The van der Waals surface area contributed by atoms with Crippen molar-refractivity contribution >= 4 is 15.7 Å². The molecule has 1 aromatic carbocycles. The van der Waals surface area contributed by atoms with Crippen molar-refractivity contribution in [1.82, 2.24) is 4.41 Å². The normalized spacial score (nSPS) is 18.4. The van der Waals surface area contributed by atoms with Crippen LogP contribution in [-0.2, 0) is 20.9 Å². The van der Waals surface area contributed by atoms with Crippen molar-refractivity contribution in [3.63, 3.8) is 0 Å². The molecule has 0 spiro atoms. The van der Waals surface area contributed by atoms with Crippen LogP contribution in [0.1, 0.15) is 78.5 Å². The summed E-state index contributed by atoms with van der Waals surface area (Å²) < 4.78 is 25.5. The fourth-order valence-electron chi connectivity index (χ4n) is 3.10. The topological polar surface area (TPSA) is 49.7 Å². The van der Waals surface area contributed by atoms with Crippen molar-refractivity contribution in [3.05, 3.63) is 34.9 Å². The highest BCUT2D eigenvalue weighted by Crippen LogP contribution is 2.35. The minimum Gasteiger partial charge on any atom is -0.205 e. The Labute approximate surface area is 153 Å². The van der Waals surface area contributed by atoms with Crippen LogP contribution in [0.2, 0.25) is 0 Å². The summed E-state index contributed by atoms with van der Waals surface area (Å²) in [5, 5.41) is 4.49. The lowest BCUT2D eigenvalue weighted by Crippen LogP contribution is -2.40. The summed E-state index contributed by atoms with van der Waals surface area (Å²) in [5.74, 6) is 0. The van der Waals surface area contributed by atoms with Crippen molar-refractivity contribution in [2.24, 2.45) is 5.10 Å². The third-order valence-electron chi connectivity index (χ3n) is 4.64. The summed E-state index contributed by atoms with van der Waals surface area (Å²) in [4.78, 5) is 0. The predicted molar refractivity (Wildman–Crippen MR) is 106 cm³/mol. The lowest BCUT2D eigenvalue weighted by atomic mass is 9.78. The van der Waals surface area contributed by atoms with Gasteiger partial charge in [-0.05, 0) is 53.5 Å². The van der Waals surface area contributed by atoms with Crippen LogP contribution in [-0.4, -0.2) is 30.3 Å². The molecule has 0 aliphatic carbocycles. The molecule has 4 nitrogen and oxygen atoms in total. The minimum atomic E-state index is -3.38. The first-order valence-electron chi connectivity index (χ1n) is 8.76. The lowest BCUT2D eigenvalue weighted by Gasteiger charge is -2.28. The van der Waals surface area contributed by atoms with Gasteiger partial charge in [0.25, 0.3) is 0 Å². The maximum atomic E-state index is 12.1. The average Bonchev–Trinajstić information content (AvgIpc) is 2.72. The molecule has 2 rings (SSSR count). The fraction of sp³-hybridized carbons (Fsp3) is 0.650. The zero-order chi connectivity index (χ0) is 19.4. The molecule has 140 valence electrons. The highest BCUT2D eigenvalue weighted by molar-refractivity contribution is 7.88. The van der Waals surface area contributed by atoms with Gasteiger partial charge >= 0.3 is 0 Å². The zero-order valence-corrected chi connectivity index (χ0v) is 17.9. The third kappa shape index (κ3) is 4.25. The Kier molecular flexibility index (Phi) is 4.66. The maximum Gasteiger partial charge on any atom is 0.247 e. The first-order valence-corrected chi connectivity index (χ1v) is 10.6. The average molecular weight is 365 g/mol. The van der Waals surface area contributed by atoms with Crippen molar-refractivity contribution in [3.8, 4) is 0 Å². The predicted octanol–water partition coefficient (Wildman–Crippen LogP) is 4.43. The molecule has 25 heavy (non-hydrogen) atoms. The van der Waals surface area contributed by atoms with Crippen LogP contribution in [0.25, 0.3) is 0 Å². The fourth-order valence-corrected chi connectivity index (χ4v) is 4.31. The summed E-state index contributed by atoms with van der Waals surface area (Å²) in [6.07, 6.45) is 1.82. The molecule has 1 aromatic rings. The molecule has 0 unspecified atom stereocenters. The van der Waals surface area contributed by atoms with E-state index in [0.717, 1.165) is 11.3 Å². The number of hydrogen-bond acceptors (Lipinski definition) is 3. The van der Waals surface area contributed by atoms with E-state index in [2.05, 4.69) is 64.8 Å². The summed E-state index contributed by atoms with van der Waals surface area (Å²) >= 11 is 0. The Hall–Kier alpha value is -1.36. The van der Waals surface area contributed by atoms with E-state index in [0.29, 0.717) is 6.42 Å². The second-order valence-electron chi connectivity index (χ2n) is 9.84. The Morgan fingerprint density at radius 3 is 1.72 bits per heavy atom. The SMILES string of the molecule is CC(C)(C)c1cc(C2=NN(S(C)(=O)=O)C(C)(C)C2)cc(C(C)(C)C)c1. The molecule has 0 amide bonds. The highest BCUT2D eigenvalue weighted by atomic mass is 32.2. The maximum absolute atomic E-state index is 12.1. The van der Waals surface area contributed by atoms with Gasteiger partial charge in [-0.25, -0.2) is 8.42 Å². The van der Waals surface area contributed by atoms with E-state index in [-0.39, 0.29) is 10.8 Å². The van der Waals surface area contributed by atoms with Gasteiger partial charge in [0, 0.05) is 6.42 Å². The molecule has 0 bridgehead atoms. The molecule has 1 aliphatic rings. The van der Waals surface area contributed by atoms with E-state index in [1.807, 2.05) is 13.8 Å². The van der Waals surface area contributed by atoms with Gasteiger partial charge < -0.3 is 0 Å². The van der Waals surface area contributed by atoms with Crippen LogP contribution >= 0.6 is 0 Å². The van der Waals surface area contributed by atoms with E-state index in [9.17, 15) is 8.42 Å². The first-order chi connectivity index (χ1) is 11.0. The van der Waals surface area contributed by atoms with Gasteiger partial charge in [0.2, 0.25) is 10.0 Å². The monoisotopic (exact) mass is 364 g/mol. The Morgan fingerprint density at radius 1 is 0.960 bits per heavy atom. The molecule has 0 atom stereocenters. The third-order valence-corrected chi connectivity index (χ3v) is 5.85. The van der Waals surface area contributed by atoms with Gasteiger partial charge in [-0.2, -0.15) is 9.52 Å². The molecule has 0 saturated heterocycles. The van der Waals surface area contributed by atoms with Gasteiger partial charge in [-0.15, -0.1) is 0 Å². The number of hydrazone groups is 1. The molecule has 1 heterocycles. The molecule has 0 saturated carbocycles. The van der Waals surface area contributed by atoms with Crippen LogP contribution in [0.3, 0.4) is 0 Å². The van der Waals surface area contributed by atoms with Crippen molar-refractivity contribution in [1.29, 1.82) is 0 Å². The van der Waals surface area contributed by atoms with E-state index >= 15 is 0 Å². The summed E-state index contributed by atoms with van der Waals surface area (Å²) in [5.41, 5.74) is 3.84. The van der Waals surface area contributed by atoms with Crippen LogP contribution in [0.5, 0.6) is 0 Å². The summed E-state index contributed by atoms with van der Waals surface area (Å²) in [6, 6.07) is 6.59. The number of rotatable bonds is 2. The summed E-state index contributed by atoms with van der Waals surface area (Å²) in [6.45, 7) is 17.0. The van der Waals surface area contributed by atoms with Crippen LogP contribution < -0.4 is 0 Å². The van der Waals surface area contributed by atoms with Crippen molar-refractivity contribution < 1.29 is 8.42 Å². The number of sulfonamides is 1. The lowest BCUT2D eigenvalue weighted by molar-refractivity contribution is 0.271. The van der Waals surface area contributed by atoms with Crippen molar-refractivity contribution in [2.75, 3.05) is 6.26 Å². The smallest absolute Gasteiger partial charge is 0.205 e. The van der Waals surface area contributed by atoms with Gasteiger partial charge in [0.1, 0.15) is 0 Å². The largest absolute Gasteiger partial charge is 0.247 e. The molecular weight excluding hydrogens is 332 g/mol. The number of nitrogens with zero attached hydrogens (tertiary/aromatic N) is 2. The molecule has 0 aromatic heterocycles. The quantitative estimate of drug-likeness (QED) is 0.779. The Bertz CT molecular complexity index is 775. The molecule has 5 heteroatoms. The number of benzene rings is 1. The van der Waals surface area contributed by atoms with E-state index < -0.39 is 15.6 Å². The Balaban J connectivity index is 2.64. The second kappa shape index (κ2) is 5.83. The van der Waals surface area contributed by atoms with Crippen LogP contribution in [0.4, 0.5) is 0 Å². The van der Waals surface area contributed by atoms with Crippen LogP contribution in [0.15, 0.2) is 23.3 Å². The molecule has 1 aliphatic heterocycles. The van der Waals surface area contributed by atoms with Crippen LogP contribution in [0, 0.1) is 0 Å². The van der Waals surface area contributed by atoms with Gasteiger partial charge in [-0.1, -0.05) is 47.6 Å². The summed E-state index contributed by atoms with van der Waals surface area (Å²) in [7, 11) is -3.38. The Morgan fingerprint density at radius 2 is 1.40 bits per heavy atom. The van der Waals surface area contributed by atoms with Crippen molar-refractivity contribution in [2.45, 2.75) is 78.2 Å². The molecule has 0 N–H and O–H groups in total. The van der Waals surface area contributed by atoms with E-state index in [4.69, 9.17) is 0 Å². The van der Waals surface area contributed by atoms with Gasteiger partial charge in [-0.3, -0.25) is 0 Å². The zero-order valence-electron chi connectivity index (χ0n) is 17.1. The minimum absolute atomic E-state index is 0.0151. The highest BCUT2D eigenvalue weighted by Gasteiger charge is 2.40. The second-order valence-corrected chi connectivity index (χ2v) is 11.7. The van der Waals surface area contributed by atoms with E-state index in [1.54, 1.807) is 0 Å². The molecule has 0 fully saturated rings.